The molecule has 0 saturated carbocycles. The first-order valence-electron chi connectivity index (χ1n) is 6.17. The fraction of sp³-hybridized carbons (Fsp3) is 0.214. The monoisotopic (exact) mass is 291 g/mol. The van der Waals surface area contributed by atoms with E-state index in [9.17, 15) is 14.0 Å². The number of benzene rings is 1. The number of hydrogen-bond donors (Lipinski definition) is 2. The number of anilines is 1. The van der Waals surface area contributed by atoms with Crippen molar-refractivity contribution in [2.45, 2.75) is 13.0 Å². The van der Waals surface area contributed by atoms with Gasteiger partial charge in [0, 0.05) is 22.7 Å². The van der Waals surface area contributed by atoms with Crippen LogP contribution in [0.15, 0.2) is 24.4 Å². The Kier molecular flexibility index (Phi) is 4.02. The molecule has 2 aromatic rings. The van der Waals surface area contributed by atoms with Gasteiger partial charge < -0.3 is 15.8 Å². The van der Waals surface area contributed by atoms with Gasteiger partial charge in [-0.05, 0) is 25.1 Å². The molecule has 0 aliphatic heterocycles. The molecule has 0 aliphatic rings. The molecule has 1 atom stereocenters. The number of carbonyl (C=O) groups is 2. The third-order valence-corrected chi connectivity index (χ3v) is 3.02. The topological polar surface area (TPSA) is 94.3 Å². The first kappa shape index (κ1) is 14.7. The van der Waals surface area contributed by atoms with E-state index in [0.29, 0.717) is 0 Å². The molecule has 2 rings (SSSR count). The van der Waals surface area contributed by atoms with Crippen LogP contribution in [-0.2, 0) is 9.53 Å². The summed E-state index contributed by atoms with van der Waals surface area (Å²) in [6.07, 6.45) is 1.31. The van der Waals surface area contributed by atoms with Crippen molar-refractivity contribution in [1.29, 1.82) is 0 Å². The molecule has 21 heavy (non-hydrogen) atoms. The van der Waals surface area contributed by atoms with E-state index in [0.717, 1.165) is 0 Å². The maximum Gasteiger partial charge on any atom is 0.328 e. The molecule has 6 nitrogen and oxygen atoms in total. The Hall–Kier alpha value is -2.70. The first-order chi connectivity index (χ1) is 9.95. The highest BCUT2D eigenvalue weighted by atomic mass is 19.1. The summed E-state index contributed by atoms with van der Waals surface area (Å²) in [5.74, 6) is -1.73. The summed E-state index contributed by atoms with van der Waals surface area (Å²) >= 11 is 0. The molecule has 1 amide bonds. The van der Waals surface area contributed by atoms with Crippen molar-refractivity contribution in [3.05, 3.63) is 35.9 Å². The molecule has 1 unspecified atom stereocenters. The Bertz CT molecular complexity index is 718. The molecule has 0 saturated heterocycles. The van der Waals surface area contributed by atoms with Crippen molar-refractivity contribution in [3.63, 3.8) is 0 Å². The molecule has 0 radical (unpaired) electrons. The minimum Gasteiger partial charge on any atom is -0.467 e. The Labute approximate surface area is 120 Å². The number of nitrogens with zero attached hydrogens (tertiary/aromatic N) is 1. The standard InChI is InChI=1S/C14H14FN3O3/c1-7(14(20)21-2)18-13(19)12-11-8(5-6-17-12)9(15)3-4-10(11)16/h3-7H,16H2,1-2H3,(H,18,19). The highest BCUT2D eigenvalue weighted by molar-refractivity contribution is 6.10. The number of pyridine rings is 1. The normalized spacial score (nSPS) is 12.0. The number of rotatable bonds is 3. The number of carbonyl (C=O) groups excluding carboxylic acids is 2. The van der Waals surface area contributed by atoms with E-state index in [4.69, 9.17) is 5.73 Å². The molecule has 0 fully saturated rings. The van der Waals surface area contributed by atoms with Gasteiger partial charge in [0.25, 0.3) is 5.91 Å². The summed E-state index contributed by atoms with van der Waals surface area (Å²) in [5, 5.41) is 2.84. The van der Waals surface area contributed by atoms with Gasteiger partial charge in [-0.25, -0.2) is 9.18 Å². The lowest BCUT2D eigenvalue weighted by Gasteiger charge is -2.13. The van der Waals surface area contributed by atoms with Crippen LogP contribution < -0.4 is 11.1 Å². The summed E-state index contributed by atoms with van der Waals surface area (Å²) in [6.45, 7) is 1.47. The third kappa shape index (κ3) is 2.76. The number of esters is 1. The maximum atomic E-state index is 13.8. The average molecular weight is 291 g/mol. The molecular weight excluding hydrogens is 277 g/mol. The van der Waals surface area contributed by atoms with E-state index in [2.05, 4.69) is 15.0 Å². The maximum absolute atomic E-state index is 13.8. The molecule has 1 heterocycles. The number of nitrogens with two attached hydrogens (primary N) is 1. The number of amides is 1. The van der Waals surface area contributed by atoms with Crippen LogP contribution in [0.25, 0.3) is 10.8 Å². The molecule has 0 spiro atoms. The van der Waals surface area contributed by atoms with Crippen molar-refractivity contribution >= 4 is 28.3 Å². The predicted octanol–water partition coefficient (Wildman–Crippen LogP) is 1.25. The fourth-order valence-electron chi connectivity index (χ4n) is 1.96. The number of nitrogens with one attached hydrogen (secondary N) is 1. The SMILES string of the molecule is COC(=O)C(C)NC(=O)c1nccc2c(F)ccc(N)c12. The molecule has 0 bridgehead atoms. The van der Waals surface area contributed by atoms with Gasteiger partial charge in [-0.3, -0.25) is 9.78 Å². The number of hydrogen-bond acceptors (Lipinski definition) is 5. The number of ether oxygens (including phenoxy) is 1. The first-order valence-corrected chi connectivity index (χ1v) is 6.17. The lowest BCUT2D eigenvalue weighted by Crippen LogP contribution is -2.39. The second-order valence-electron chi connectivity index (χ2n) is 4.44. The summed E-state index contributed by atoms with van der Waals surface area (Å²) < 4.78 is 18.3. The van der Waals surface area contributed by atoms with E-state index in [1.165, 1.54) is 38.4 Å². The van der Waals surface area contributed by atoms with Crippen LogP contribution in [0.2, 0.25) is 0 Å². The highest BCUT2D eigenvalue weighted by Crippen LogP contribution is 2.26. The minimum atomic E-state index is -0.852. The van der Waals surface area contributed by atoms with Crippen LogP contribution in [0.4, 0.5) is 10.1 Å². The van der Waals surface area contributed by atoms with Crippen LogP contribution in [0, 0.1) is 5.82 Å². The van der Waals surface area contributed by atoms with Gasteiger partial charge in [0.15, 0.2) is 0 Å². The Morgan fingerprint density at radius 3 is 2.76 bits per heavy atom. The van der Waals surface area contributed by atoms with Gasteiger partial charge in [-0.1, -0.05) is 0 Å². The number of nitrogen functional groups attached to an aromatic ring is 1. The molecular formula is C14H14FN3O3. The van der Waals surface area contributed by atoms with Crippen LogP contribution >= 0.6 is 0 Å². The second-order valence-corrected chi connectivity index (χ2v) is 4.44. The van der Waals surface area contributed by atoms with Gasteiger partial charge in [0.05, 0.1) is 7.11 Å². The summed E-state index contributed by atoms with van der Waals surface area (Å²) in [6, 6.07) is 3.16. The Balaban J connectivity index is 2.45. The van der Waals surface area contributed by atoms with E-state index < -0.39 is 23.7 Å². The molecule has 3 N–H and O–H groups in total. The third-order valence-electron chi connectivity index (χ3n) is 3.02. The molecule has 0 aliphatic carbocycles. The van der Waals surface area contributed by atoms with Crippen molar-refractivity contribution in [2.75, 3.05) is 12.8 Å². The number of aromatic nitrogens is 1. The van der Waals surface area contributed by atoms with Crippen molar-refractivity contribution in [1.82, 2.24) is 10.3 Å². The number of fused-ring (bicyclic) bond motifs is 1. The minimum absolute atomic E-state index is 0.0414. The fourth-order valence-corrected chi connectivity index (χ4v) is 1.96. The largest absolute Gasteiger partial charge is 0.467 e. The van der Waals surface area contributed by atoms with Crippen LogP contribution in [0.1, 0.15) is 17.4 Å². The smallest absolute Gasteiger partial charge is 0.328 e. The molecule has 1 aromatic carbocycles. The summed E-state index contributed by atoms with van der Waals surface area (Å²) in [5.41, 5.74) is 5.99. The predicted molar refractivity (Wildman–Crippen MR) is 75.1 cm³/mol. The van der Waals surface area contributed by atoms with Gasteiger partial charge in [0.2, 0.25) is 0 Å². The zero-order valence-electron chi connectivity index (χ0n) is 11.5. The number of halogens is 1. The summed E-state index contributed by atoms with van der Waals surface area (Å²) in [4.78, 5) is 27.5. The van der Waals surface area contributed by atoms with Crippen LogP contribution in [-0.4, -0.2) is 30.0 Å². The van der Waals surface area contributed by atoms with Crippen LogP contribution in [0.5, 0.6) is 0 Å². The molecule has 7 heteroatoms. The Morgan fingerprint density at radius 1 is 1.38 bits per heavy atom. The van der Waals surface area contributed by atoms with E-state index in [1.54, 1.807) is 0 Å². The lowest BCUT2D eigenvalue weighted by molar-refractivity contribution is -0.142. The Morgan fingerprint density at radius 2 is 2.10 bits per heavy atom. The second kappa shape index (κ2) is 5.74. The summed E-state index contributed by atoms with van der Waals surface area (Å²) in [7, 11) is 1.22. The zero-order valence-corrected chi connectivity index (χ0v) is 11.5. The molecule has 1 aromatic heterocycles. The number of methoxy groups -OCH3 is 1. The van der Waals surface area contributed by atoms with Gasteiger partial charge in [-0.15, -0.1) is 0 Å². The van der Waals surface area contributed by atoms with Crippen LogP contribution in [0.3, 0.4) is 0 Å². The van der Waals surface area contributed by atoms with Crippen molar-refractivity contribution < 1.29 is 18.7 Å². The van der Waals surface area contributed by atoms with Crippen molar-refractivity contribution in [3.8, 4) is 0 Å². The van der Waals surface area contributed by atoms with Gasteiger partial charge >= 0.3 is 5.97 Å². The van der Waals surface area contributed by atoms with Gasteiger partial charge in [0.1, 0.15) is 17.6 Å². The van der Waals surface area contributed by atoms with E-state index in [1.807, 2.05) is 0 Å². The van der Waals surface area contributed by atoms with E-state index >= 15 is 0 Å². The average Bonchev–Trinajstić information content (AvgIpc) is 2.49. The highest BCUT2D eigenvalue weighted by Gasteiger charge is 2.21. The molecule has 110 valence electrons. The van der Waals surface area contributed by atoms with E-state index in [-0.39, 0.29) is 22.2 Å². The lowest BCUT2D eigenvalue weighted by atomic mass is 10.1. The van der Waals surface area contributed by atoms with Gasteiger partial charge in [-0.2, -0.15) is 0 Å². The quantitative estimate of drug-likeness (QED) is 0.655. The van der Waals surface area contributed by atoms with Crippen molar-refractivity contribution in [2.24, 2.45) is 0 Å². The zero-order chi connectivity index (χ0) is 15.6.